The Balaban J connectivity index is 1.96. The minimum Gasteiger partial charge on any atom is -0.0620 e. The van der Waals surface area contributed by atoms with E-state index in [1.165, 1.54) is 27.5 Å². The van der Waals surface area contributed by atoms with Gasteiger partial charge in [0.15, 0.2) is 0 Å². The maximum atomic E-state index is 2.31. The average molecular weight is 246 g/mol. The Kier molecular flexibility index (Phi) is 3.33. The van der Waals surface area contributed by atoms with E-state index in [0.29, 0.717) is 0 Å². The molecule has 0 aromatic heterocycles. The molecule has 3 aromatic rings. The molecule has 0 aliphatic heterocycles. The van der Waals surface area contributed by atoms with Crippen molar-refractivity contribution in [1.29, 1.82) is 0 Å². The standard InChI is InChI=1S/C19H18/c1-2-16-7-3-5-9-18(16)13-15-11-12-17-8-4-6-10-19(17)14-15/h3-12,14H,2,13H2,1H3. The molecular weight excluding hydrogens is 228 g/mol. The molecule has 0 aliphatic carbocycles. The van der Waals surface area contributed by atoms with Gasteiger partial charge in [0.05, 0.1) is 0 Å². The fraction of sp³-hybridized carbons (Fsp3) is 0.158. The van der Waals surface area contributed by atoms with Gasteiger partial charge >= 0.3 is 0 Å². The highest BCUT2D eigenvalue weighted by atomic mass is 14.1. The maximum absolute atomic E-state index is 2.31. The van der Waals surface area contributed by atoms with E-state index < -0.39 is 0 Å². The molecule has 0 saturated heterocycles. The first-order valence-corrected chi connectivity index (χ1v) is 6.91. The molecule has 0 nitrogen and oxygen atoms in total. The highest BCUT2D eigenvalue weighted by Crippen LogP contribution is 2.20. The second-order valence-corrected chi connectivity index (χ2v) is 4.98. The number of hydrogen-bond acceptors (Lipinski definition) is 0. The van der Waals surface area contributed by atoms with Crippen molar-refractivity contribution in [3.63, 3.8) is 0 Å². The van der Waals surface area contributed by atoms with Crippen molar-refractivity contribution in [3.05, 3.63) is 83.4 Å². The Hall–Kier alpha value is -2.08. The second-order valence-electron chi connectivity index (χ2n) is 4.98. The van der Waals surface area contributed by atoms with Crippen molar-refractivity contribution in [2.75, 3.05) is 0 Å². The van der Waals surface area contributed by atoms with Crippen LogP contribution < -0.4 is 0 Å². The van der Waals surface area contributed by atoms with E-state index in [0.717, 1.165) is 12.8 Å². The summed E-state index contributed by atoms with van der Waals surface area (Å²) in [4.78, 5) is 0. The molecule has 3 aromatic carbocycles. The molecule has 0 heteroatoms. The van der Waals surface area contributed by atoms with Crippen molar-refractivity contribution < 1.29 is 0 Å². The van der Waals surface area contributed by atoms with Crippen LogP contribution in [0.15, 0.2) is 66.7 Å². The predicted molar refractivity (Wildman–Crippen MR) is 82.6 cm³/mol. The van der Waals surface area contributed by atoms with Crippen LogP contribution in [0.4, 0.5) is 0 Å². The molecular formula is C19H18. The van der Waals surface area contributed by atoms with Gasteiger partial charge in [0.2, 0.25) is 0 Å². The molecule has 0 N–H and O–H groups in total. The van der Waals surface area contributed by atoms with Gasteiger partial charge in [-0.05, 0) is 40.3 Å². The second kappa shape index (κ2) is 5.27. The Labute approximate surface area is 114 Å². The number of rotatable bonds is 3. The van der Waals surface area contributed by atoms with E-state index in [9.17, 15) is 0 Å². The molecule has 0 aliphatic rings. The van der Waals surface area contributed by atoms with Crippen LogP contribution in [0.25, 0.3) is 10.8 Å². The van der Waals surface area contributed by atoms with Crippen molar-refractivity contribution in [2.24, 2.45) is 0 Å². The molecule has 0 saturated carbocycles. The van der Waals surface area contributed by atoms with Crippen molar-refractivity contribution in [2.45, 2.75) is 19.8 Å². The van der Waals surface area contributed by atoms with E-state index in [4.69, 9.17) is 0 Å². The zero-order valence-electron chi connectivity index (χ0n) is 11.3. The maximum Gasteiger partial charge on any atom is -0.00228 e. The molecule has 3 rings (SSSR count). The first-order chi connectivity index (χ1) is 9.36. The SMILES string of the molecule is CCc1ccccc1Cc1ccc2ccccc2c1. The largest absolute Gasteiger partial charge is 0.0620 e. The molecule has 0 bridgehead atoms. The lowest BCUT2D eigenvalue weighted by Gasteiger charge is -2.08. The van der Waals surface area contributed by atoms with E-state index in [2.05, 4.69) is 73.7 Å². The third-order valence-electron chi connectivity index (χ3n) is 3.71. The van der Waals surface area contributed by atoms with Crippen molar-refractivity contribution >= 4 is 10.8 Å². The molecule has 94 valence electrons. The highest BCUT2D eigenvalue weighted by molar-refractivity contribution is 5.83. The summed E-state index contributed by atoms with van der Waals surface area (Å²) in [6.45, 7) is 2.22. The van der Waals surface area contributed by atoms with Crippen LogP contribution in [0.5, 0.6) is 0 Å². The predicted octanol–water partition coefficient (Wildman–Crippen LogP) is 4.99. The molecule has 19 heavy (non-hydrogen) atoms. The molecule has 0 unspecified atom stereocenters. The minimum absolute atomic E-state index is 1.02. The van der Waals surface area contributed by atoms with Gasteiger partial charge in [-0.3, -0.25) is 0 Å². The molecule has 0 heterocycles. The minimum atomic E-state index is 1.02. The zero-order chi connectivity index (χ0) is 13.1. The molecule has 0 radical (unpaired) electrons. The third-order valence-corrected chi connectivity index (χ3v) is 3.71. The number of hydrogen-bond donors (Lipinski definition) is 0. The Bertz CT molecular complexity index is 695. The van der Waals surface area contributed by atoms with Crippen LogP contribution in [0, 0.1) is 0 Å². The van der Waals surface area contributed by atoms with Crippen LogP contribution in [-0.2, 0) is 12.8 Å². The van der Waals surface area contributed by atoms with E-state index in [1.807, 2.05) is 0 Å². The van der Waals surface area contributed by atoms with E-state index in [1.54, 1.807) is 0 Å². The van der Waals surface area contributed by atoms with Gasteiger partial charge in [0, 0.05) is 0 Å². The molecule has 0 fully saturated rings. The van der Waals surface area contributed by atoms with E-state index in [-0.39, 0.29) is 0 Å². The van der Waals surface area contributed by atoms with Gasteiger partial charge in [0.25, 0.3) is 0 Å². The summed E-state index contributed by atoms with van der Waals surface area (Å²) in [5.74, 6) is 0. The molecule has 0 atom stereocenters. The quantitative estimate of drug-likeness (QED) is 0.610. The van der Waals surface area contributed by atoms with Crippen LogP contribution in [0.1, 0.15) is 23.6 Å². The average Bonchev–Trinajstić information content (AvgIpc) is 2.48. The van der Waals surface area contributed by atoms with Crippen LogP contribution in [0.3, 0.4) is 0 Å². The van der Waals surface area contributed by atoms with Gasteiger partial charge in [-0.2, -0.15) is 0 Å². The Morgan fingerprint density at radius 3 is 2.16 bits per heavy atom. The van der Waals surface area contributed by atoms with E-state index >= 15 is 0 Å². The van der Waals surface area contributed by atoms with Crippen molar-refractivity contribution in [3.8, 4) is 0 Å². The summed E-state index contributed by atoms with van der Waals surface area (Å²) in [6, 6.07) is 24.1. The summed E-state index contributed by atoms with van der Waals surface area (Å²) in [5, 5.41) is 2.64. The smallest absolute Gasteiger partial charge is 0.00228 e. The third kappa shape index (κ3) is 2.53. The lowest BCUT2D eigenvalue weighted by Crippen LogP contribution is -1.94. The monoisotopic (exact) mass is 246 g/mol. The van der Waals surface area contributed by atoms with Crippen LogP contribution in [-0.4, -0.2) is 0 Å². The highest BCUT2D eigenvalue weighted by Gasteiger charge is 2.02. The zero-order valence-corrected chi connectivity index (χ0v) is 11.3. The number of aryl methyl sites for hydroxylation is 1. The van der Waals surface area contributed by atoms with Gasteiger partial charge in [-0.15, -0.1) is 0 Å². The molecule has 0 amide bonds. The number of benzene rings is 3. The summed E-state index contributed by atoms with van der Waals surface area (Å²) >= 11 is 0. The summed E-state index contributed by atoms with van der Waals surface area (Å²) in [7, 11) is 0. The lowest BCUT2D eigenvalue weighted by atomic mass is 9.97. The van der Waals surface area contributed by atoms with Crippen molar-refractivity contribution in [1.82, 2.24) is 0 Å². The summed E-state index contributed by atoms with van der Waals surface area (Å²) < 4.78 is 0. The number of fused-ring (bicyclic) bond motifs is 1. The summed E-state index contributed by atoms with van der Waals surface area (Å²) in [5.41, 5.74) is 4.29. The normalized spacial score (nSPS) is 10.8. The van der Waals surface area contributed by atoms with Gasteiger partial charge in [-0.1, -0.05) is 73.7 Å². The van der Waals surface area contributed by atoms with Crippen LogP contribution in [0.2, 0.25) is 0 Å². The first kappa shape index (κ1) is 12.0. The van der Waals surface area contributed by atoms with Gasteiger partial charge < -0.3 is 0 Å². The summed E-state index contributed by atoms with van der Waals surface area (Å²) in [6.07, 6.45) is 2.12. The topological polar surface area (TPSA) is 0 Å². The van der Waals surface area contributed by atoms with Gasteiger partial charge in [0.1, 0.15) is 0 Å². The van der Waals surface area contributed by atoms with Crippen LogP contribution >= 0.6 is 0 Å². The van der Waals surface area contributed by atoms with Gasteiger partial charge in [-0.25, -0.2) is 0 Å². The Morgan fingerprint density at radius 1 is 0.684 bits per heavy atom. The Morgan fingerprint density at radius 2 is 1.37 bits per heavy atom. The molecule has 0 spiro atoms. The first-order valence-electron chi connectivity index (χ1n) is 6.91. The fourth-order valence-electron chi connectivity index (χ4n) is 2.64. The lowest BCUT2D eigenvalue weighted by molar-refractivity contribution is 1.06. The fourth-order valence-corrected chi connectivity index (χ4v) is 2.64.